The van der Waals surface area contributed by atoms with Gasteiger partial charge in [0, 0.05) is 7.05 Å². The minimum absolute atomic E-state index is 0.0763. The minimum atomic E-state index is -0.0763. The largest absolute Gasteiger partial charge is 0.397 e. The van der Waals surface area contributed by atoms with E-state index in [4.69, 9.17) is 5.73 Å². The van der Waals surface area contributed by atoms with Crippen molar-refractivity contribution in [1.82, 2.24) is 9.55 Å². The summed E-state index contributed by atoms with van der Waals surface area (Å²) in [5.41, 5.74) is 7.10. The van der Waals surface area contributed by atoms with E-state index >= 15 is 0 Å². The van der Waals surface area contributed by atoms with Crippen molar-refractivity contribution in [2.75, 3.05) is 5.73 Å². The van der Waals surface area contributed by atoms with Crippen molar-refractivity contribution in [3.63, 3.8) is 0 Å². The highest BCUT2D eigenvalue weighted by atomic mass is 16.1. The summed E-state index contributed by atoms with van der Waals surface area (Å²) in [6.45, 7) is 0. The van der Waals surface area contributed by atoms with Crippen LogP contribution in [0.1, 0.15) is 0 Å². The molecule has 0 aliphatic rings. The summed E-state index contributed by atoms with van der Waals surface area (Å²) in [5, 5.41) is 4.67. The predicted octanol–water partition coefficient (Wildman–Crippen LogP) is 2.82. The van der Waals surface area contributed by atoms with Crippen molar-refractivity contribution in [2.45, 2.75) is 0 Å². The third-order valence-electron chi connectivity index (χ3n) is 3.90. The number of hydrogen-bond acceptors (Lipinski definition) is 3. The number of aromatic nitrogens is 2. The molecule has 0 radical (unpaired) electrons. The number of aryl methyl sites for hydroxylation is 1. The van der Waals surface area contributed by atoms with Crippen molar-refractivity contribution in [2.24, 2.45) is 7.05 Å². The molecule has 0 saturated heterocycles. The Labute approximate surface area is 120 Å². The fourth-order valence-electron chi connectivity index (χ4n) is 2.83. The number of benzene rings is 3. The smallest absolute Gasteiger partial charge is 0.261 e. The maximum absolute atomic E-state index is 12.5. The molecule has 102 valence electrons. The summed E-state index contributed by atoms with van der Waals surface area (Å²) in [6, 6.07) is 14.1. The van der Waals surface area contributed by atoms with E-state index in [-0.39, 0.29) is 5.56 Å². The fraction of sp³-hybridized carbons (Fsp3) is 0.0588. The molecule has 4 nitrogen and oxygen atoms in total. The van der Waals surface area contributed by atoms with Crippen LogP contribution in [0, 0.1) is 0 Å². The van der Waals surface area contributed by atoms with Crippen LogP contribution >= 0.6 is 0 Å². The third kappa shape index (κ3) is 1.62. The molecule has 0 aliphatic heterocycles. The molecule has 0 fully saturated rings. The molecule has 0 saturated carbocycles. The van der Waals surface area contributed by atoms with Gasteiger partial charge in [-0.1, -0.05) is 24.3 Å². The zero-order valence-corrected chi connectivity index (χ0v) is 11.5. The fourth-order valence-corrected chi connectivity index (χ4v) is 2.83. The van der Waals surface area contributed by atoms with Crippen LogP contribution in [0.5, 0.6) is 0 Å². The summed E-state index contributed by atoms with van der Waals surface area (Å²) in [4.78, 5) is 16.8. The van der Waals surface area contributed by atoms with Crippen molar-refractivity contribution < 1.29 is 0 Å². The van der Waals surface area contributed by atoms with Crippen molar-refractivity contribution in [1.29, 1.82) is 0 Å². The van der Waals surface area contributed by atoms with Gasteiger partial charge in [0.2, 0.25) is 0 Å². The van der Waals surface area contributed by atoms with Gasteiger partial charge in [0.1, 0.15) is 5.52 Å². The van der Waals surface area contributed by atoms with E-state index < -0.39 is 0 Å². The van der Waals surface area contributed by atoms with Crippen LogP contribution in [-0.4, -0.2) is 9.55 Å². The molecular weight excluding hydrogens is 262 g/mol. The Morgan fingerprint density at radius 3 is 2.52 bits per heavy atom. The SMILES string of the molecule is Cn1cnc2c(N)cc3cc4ccccc4cc3c2c1=O. The second kappa shape index (κ2) is 4.06. The monoisotopic (exact) mass is 275 g/mol. The molecule has 0 bridgehead atoms. The molecule has 0 spiro atoms. The number of fused-ring (bicyclic) bond motifs is 4. The van der Waals surface area contributed by atoms with Crippen LogP contribution in [0.25, 0.3) is 32.4 Å². The Morgan fingerprint density at radius 1 is 1.05 bits per heavy atom. The van der Waals surface area contributed by atoms with Crippen LogP contribution in [0.4, 0.5) is 5.69 Å². The highest BCUT2D eigenvalue weighted by molar-refractivity contribution is 6.14. The molecule has 0 atom stereocenters. The second-order valence-corrected chi connectivity index (χ2v) is 5.27. The molecule has 1 aromatic heterocycles. The third-order valence-corrected chi connectivity index (χ3v) is 3.90. The standard InChI is InChI=1S/C17H13N3O/c1-20-9-19-16-14(18)8-12-6-10-4-2-3-5-11(10)7-13(12)15(16)17(20)21/h2-9H,18H2,1H3. The molecule has 0 unspecified atom stereocenters. The van der Waals surface area contributed by atoms with Crippen LogP contribution in [0.3, 0.4) is 0 Å². The highest BCUT2D eigenvalue weighted by Crippen LogP contribution is 2.30. The maximum Gasteiger partial charge on any atom is 0.261 e. The molecule has 4 rings (SSSR count). The van der Waals surface area contributed by atoms with Crippen molar-refractivity contribution in [3.8, 4) is 0 Å². The average molecular weight is 275 g/mol. The van der Waals surface area contributed by atoms with Gasteiger partial charge in [0.25, 0.3) is 5.56 Å². The van der Waals surface area contributed by atoms with Gasteiger partial charge in [-0.3, -0.25) is 4.79 Å². The number of nitrogens with two attached hydrogens (primary N) is 1. The van der Waals surface area contributed by atoms with E-state index in [1.165, 1.54) is 10.9 Å². The van der Waals surface area contributed by atoms with Crippen molar-refractivity contribution >= 4 is 38.1 Å². The van der Waals surface area contributed by atoms with E-state index in [1.54, 1.807) is 7.05 Å². The van der Waals surface area contributed by atoms with Gasteiger partial charge >= 0.3 is 0 Å². The lowest BCUT2D eigenvalue weighted by molar-refractivity contribution is 0.844. The van der Waals surface area contributed by atoms with E-state index in [0.29, 0.717) is 16.6 Å². The number of nitrogen functional groups attached to an aromatic ring is 1. The molecule has 1 heterocycles. The minimum Gasteiger partial charge on any atom is -0.397 e. The molecule has 0 amide bonds. The molecule has 4 heteroatoms. The van der Waals surface area contributed by atoms with Crippen LogP contribution in [0.15, 0.2) is 53.6 Å². The number of rotatable bonds is 0. The topological polar surface area (TPSA) is 60.9 Å². The zero-order valence-electron chi connectivity index (χ0n) is 11.5. The summed E-state index contributed by atoms with van der Waals surface area (Å²) in [5.74, 6) is 0. The molecule has 21 heavy (non-hydrogen) atoms. The first-order valence-electron chi connectivity index (χ1n) is 6.71. The lowest BCUT2D eigenvalue weighted by Gasteiger charge is -2.09. The molecular formula is C17H13N3O. The Balaban J connectivity index is 2.35. The summed E-state index contributed by atoms with van der Waals surface area (Å²) >= 11 is 0. The lowest BCUT2D eigenvalue weighted by Crippen LogP contribution is -2.17. The first-order chi connectivity index (χ1) is 10.1. The first-order valence-corrected chi connectivity index (χ1v) is 6.71. The molecule has 3 aromatic carbocycles. The van der Waals surface area contributed by atoms with E-state index in [9.17, 15) is 4.79 Å². The Kier molecular flexibility index (Phi) is 2.30. The summed E-state index contributed by atoms with van der Waals surface area (Å²) < 4.78 is 1.48. The van der Waals surface area contributed by atoms with Gasteiger partial charge in [-0.05, 0) is 39.7 Å². The molecule has 0 aliphatic carbocycles. The van der Waals surface area contributed by atoms with Crippen molar-refractivity contribution in [3.05, 3.63) is 59.1 Å². The Morgan fingerprint density at radius 2 is 1.76 bits per heavy atom. The Bertz CT molecular complexity index is 1080. The van der Waals surface area contributed by atoms with Gasteiger partial charge in [-0.2, -0.15) is 0 Å². The van der Waals surface area contributed by atoms with Gasteiger partial charge in [0.05, 0.1) is 17.4 Å². The van der Waals surface area contributed by atoms with Gasteiger partial charge < -0.3 is 10.3 Å². The van der Waals surface area contributed by atoms with Gasteiger partial charge in [0.15, 0.2) is 0 Å². The average Bonchev–Trinajstić information content (AvgIpc) is 2.49. The van der Waals surface area contributed by atoms with Crippen LogP contribution < -0.4 is 11.3 Å². The van der Waals surface area contributed by atoms with Crippen LogP contribution in [-0.2, 0) is 7.05 Å². The maximum atomic E-state index is 12.5. The normalized spacial score (nSPS) is 11.5. The predicted molar refractivity (Wildman–Crippen MR) is 86.4 cm³/mol. The van der Waals surface area contributed by atoms with E-state index in [0.717, 1.165) is 21.5 Å². The molecule has 4 aromatic rings. The summed E-state index contributed by atoms with van der Waals surface area (Å²) in [7, 11) is 1.70. The van der Waals surface area contributed by atoms with Crippen LogP contribution in [0.2, 0.25) is 0 Å². The first kappa shape index (κ1) is 11.9. The van der Waals surface area contributed by atoms with E-state index in [2.05, 4.69) is 17.1 Å². The quantitative estimate of drug-likeness (QED) is 0.305. The zero-order chi connectivity index (χ0) is 14.6. The van der Waals surface area contributed by atoms with E-state index in [1.807, 2.05) is 30.3 Å². The number of hydrogen-bond donors (Lipinski definition) is 1. The van der Waals surface area contributed by atoms with Gasteiger partial charge in [-0.25, -0.2) is 4.98 Å². The lowest BCUT2D eigenvalue weighted by atomic mass is 10.00. The number of anilines is 1. The summed E-state index contributed by atoms with van der Waals surface area (Å²) in [6.07, 6.45) is 1.51. The molecule has 2 N–H and O–H groups in total. The number of nitrogens with zero attached hydrogens (tertiary/aromatic N) is 2. The van der Waals surface area contributed by atoms with Gasteiger partial charge in [-0.15, -0.1) is 0 Å². The highest BCUT2D eigenvalue weighted by Gasteiger charge is 2.11. The Hall–Kier alpha value is -2.88. The second-order valence-electron chi connectivity index (χ2n) is 5.27.